The van der Waals surface area contributed by atoms with Crippen LogP contribution in [-0.2, 0) is 16.0 Å². The second-order valence-electron chi connectivity index (χ2n) is 3.10. The first-order valence-corrected chi connectivity index (χ1v) is 5.30. The molecule has 0 spiro atoms. The minimum atomic E-state index is -0.842. The van der Waals surface area contributed by atoms with Crippen molar-refractivity contribution in [2.45, 2.75) is 6.42 Å². The van der Waals surface area contributed by atoms with Gasteiger partial charge in [-0.3, -0.25) is 19.8 Å². The van der Waals surface area contributed by atoms with Crippen LogP contribution < -0.4 is 5.32 Å². The standard InChI is InChI=1S/C9H8N2O3S/c12-7-8(13)11(9(14)10-7)3-1-6-2-4-15-5-6/h2,4-5H,1,3H2,(H,10,12,14). The van der Waals surface area contributed by atoms with E-state index in [9.17, 15) is 14.4 Å². The van der Waals surface area contributed by atoms with E-state index in [1.165, 1.54) is 0 Å². The Hall–Kier alpha value is -1.69. The SMILES string of the molecule is O=C1NC(=O)N(CCc2ccsc2)C1=O. The molecule has 1 N–H and O–H groups in total. The van der Waals surface area contributed by atoms with Crippen LogP contribution in [0.25, 0.3) is 0 Å². The maximum atomic E-state index is 11.2. The molecule has 2 rings (SSSR count). The molecule has 1 aromatic heterocycles. The first-order chi connectivity index (χ1) is 7.18. The molecule has 0 saturated carbocycles. The topological polar surface area (TPSA) is 66.5 Å². The molecule has 1 aliphatic heterocycles. The van der Waals surface area contributed by atoms with Gasteiger partial charge in [0, 0.05) is 6.54 Å². The highest BCUT2D eigenvalue weighted by molar-refractivity contribution is 7.07. The van der Waals surface area contributed by atoms with E-state index in [1.54, 1.807) is 11.3 Å². The van der Waals surface area contributed by atoms with E-state index in [0.29, 0.717) is 6.42 Å². The Balaban J connectivity index is 1.98. The van der Waals surface area contributed by atoms with Gasteiger partial charge in [0.25, 0.3) is 0 Å². The highest BCUT2D eigenvalue weighted by Crippen LogP contribution is 2.09. The van der Waals surface area contributed by atoms with Crippen molar-refractivity contribution in [1.82, 2.24) is 10.2 Å². The number of urea groups is 1. The van der Waals surface area contributed by atoms with Gasteiger partial charge in [0.2, 0.25) is 0 Å². The average Bonchev–Trinajstić information content (AvgIpc) is 2.76. The van der Waals surface area contributed by atoms with Gasteiger partial charge in [0.1, 0.15) is 0 Å². The van der Waals surface area contributed by atoms with Crippen LogP contribution in [-0.4, -0.2) is 29.3 Å². The maximum Gasteiger partial charge on any atom is 0.331 e. The second kappa shape index (κ2) is 3.82. The normalized spacial score (nSPS) is 16.0. The maximum absolute atomic E-state index is 11.2. The van der Waals surface area contributed by atoms with E-state index in [1.807, 2.05) is 22.1 Å². The van der Waals surface area contributed by atoms with Crippen LogP contribution in [0.5, 0.6) is 0 Å². The van der Waals surface area contributed by atoms with Gasteiger partial charge in [-0.2, -0.15) is 11.3 Å². The number of imide groups is 2. The number of hydrogen-bond donors (Lipinski definition) is 1. The third-order valence-corrected chi connectivity index (χ3v) is 2.84. The third-order valence-electron chi connectivity index (χ3n) is 2.11. The molecule has 1 aliphatic rings. The van der Waals surface area contributed by atoms with Crippen LogP contribution in [0.2, 0.25) is 0 Å². The Labute approximate surface area is 89.7 Å². The Morgan fingerprint density at radius 3 is 2.67 bits per heavy atom. The molecule has 6 heteroatoms. The summed E-state index contributed by atoms with van der Waals surface area (Å²) in [7, 11) is 0. The molecule has 78 valence electrons. The summed E-state index contributed by atoms with van der Waals surface area (Å²) < 4.78 is 0. The fourth-order valence-corrected chi connectivity index (χ4v) is 2.01. The van der Waals surface area contributed by atoms with Gasteiger partial charge in [0.05, 0.1) is 0 Å². The van der Waals surface area contributed by atoms with Crippen molar-refractivity contribution in [1.29, 1.82) is 0 Å². The Kier molecular flexibility index (Phi) is 2.51. The van der Waals surface area contributed by atoms with Crippen molar-refractivity contribution >= 4 is 29.2 Å². The number of thiophene rings is 1. The number of carbonyl (C=O) groups is 3. The van der Waals surface area contributed by atoms with Crippen molar-refractivity contribution in [3.05, 3.63) is 22.4 Å². The Morgan fingerprint density at radius 2 is 2.13 bits per heavy atom. The smallest absolute Gasteiger partial charge is 0.269 e. The quantitative estimate of drug-likeness (QED) is 0.595. The zero-order valence-electron chi connectivity index (χ0n) is 7.73. The molecule has 15 heavy (non-hydrogen) atoms. The van der Waals surface area contributed by atoms with Crippen LogP contribution in [0.4, 0.5) is 4.79 Å². The van der Waals surface area contributed by atoms with E-state index in [4.69, 9.17) is 0 Å². The molecule has 1 fully saturated rings. The van der Waals surface area contributed by atoms with Crippen molar-refractivity contribution in [2.24, 2.45) is 0 Å². The van der Waals surface area contributed by atoms with E-state index in [-0.39, 0.29) is 6.54 Å². The van der Waals surface area contributed by atoms with Gasteiger partial charge >= 0.3 is 17.8 Å². The molecule has 0 aromatic carbocycles. The summed E-state index contributed by atoms with van der Waals surface area (Å²) in [5, 5.41) is 5.82. The summed E-state index contributed by atoms with van der Waals surface area (Å²) in [6.45, 7) is 0.243. The van der Waals surface area contributed by atoms with Crippen LogP contribution in [0, 0.1) is 0 Å². The summed E-state index contributed by atoms with van der Waals surface area (Å²) in [5.74, 6) is -1.61. The Morgan fingerprint density at radius 1 is 1.33 bits per heavy atom. The molecular formula is C9H8N2O3S. The lowest BCUT2D eigenvalue weighted by molar-refractivity contribution is -0.140. The largest absolute Gasteiger partial charge is 0.331 e. The third kappa shape index (κ3) is 1.89. The molecule has 0 bridgehead atoms. The highest BCUT2D eigenvalue weighted by atomic mass is 32.1. The second-order valence-corrected chi connectivity index (χ2v) is 3.88. The van der Waals surface area contributed by atoms with Gasteiger partial charge in [0.15, 0.2) is 0 Å². The molecule has 0 aliphatic carbocycles. The zero-order valence-corrected chi connectivity index (χ0v) is 8.54. The van der Waals surface area contributed by atoms with Crippen LogP contribution in [0.1, 0.15) is 5.56 Å². The van der Waals surface area contributed by atoms with Gasteiger partial charge in [-0.1, -0.05) is 0 Å². The van der Waals surface area contributed by atoms with Crippen LogP contribution in [0.3, 0.4) is 0 Å². The van der Waals surface area contributed by atoms with Gasteiger partial charge in [-0.25, -0.2) is 4.79 Å². The van der Waals surface area contributed by atoms with E-state index < -0.39 is 17.8 Å². The number of rotatable bonds is 3. The minimum Gasteiger partial charge on any atom is -0.269 e. The predicted octanol–water partition coefficient (Wildman–Crippen LogP) is 0.369. The fraction of sp³-hybridized carbons (Fsp3) is 0.222. The minimum absolute atomic E-state index is 0.243. The van der Waals surface area contributed by atoms with Gasteiger partial charge < -0.3 is 0 Å². The average molecular weight is 224 g/mol. The lowest BCUT2D eigenvalue weighted by atomic mass is 10.2. The summed E-state index contributed by atoms with van der Waals surface area (Å²) in [4.78, 5) is 34.1. The van der Waals surface area contributed by atoms with E-state index in [2.05, 4.69) is 0 Å². The van der Waals surface area contributed by atoms with Crippen molar-refractivity contribution < 1.29 is 14.4 Å². The Bertz CT molecular complexity index is 413. The molecule has 0 unspecified atom stereocenters. The van der Waals surface area contributed by atoms with E-state index in [0.717, 1.165) is 10.5 Å². The summed E-state index contributed by atoms with van der Waals surface area (Å²) in [6, 6.07) is 1.30. The molecule has 2 heterocycles. The number of hydrogen-bond acceptors (Lipinski definition) is 4. The molecule has 1 saturated heterocycles. The fourth-order valence-electron chi connectivity index (χ4n) is 1.31. The number of amides is 4. The molecular weight excluding hydrogens is 216 g/mol. The van der Waals surface area contributed by atoms with Crippen LogP contribution in [0.15, 0.2) is 16.8 Å². The van der Waals surface area contributed by atoms with Gasteiger partial charge in [-0.15, -0.1) is 0 Å². The predicted molar refractivity (Wildman–Crippen MR) is 53.3 cm³/mol. The summed E-state index contributed by atoms with van der Waals surface area (Å²) in [5.41, 5.74) is 1.06. The lowest BCUT2D eigenvalue weighted by Crippen LogP contribution is -2.32. The highest BCUT2D eigenvalue weighted by Gasteiger charge is 2.36. The van der Waals surface area contributed by atoms with Crippen molar-refractivity contribution in [2.75, 3.05) is 6.54 Å². The molecule has 1 aromatic rings. The van der Waals surface area contributed by atoms with Crippen molar-refractivity contribution in [3.8, 4) is 0 Å². The number of nitrogens with one attached hydrogen (secondary N) is 1. The lowest BCUT2D eigenvalue weighted by Gasteiger charge is -2.09. The monoisotopic (exact) mass is 224 g/mol. The molecule has 4 amide bonds. The number of carbonyl (C=O) groups excluding carboxylic acids is 3. The van der Waals surface area contributed by atoms with E-state index >= 15 is 0 Å². The number of nitrogens with zero attached hydrogens (tertiary/aromatic N) is 1. The van der Waals surface area contributed by atoms with Gasteiger partial charge in [-0.05, 0) is 28.8 Å². The molecule has 5 nitrogen and oxygen atoms in total. The van der Waals surface area contributed by atoms with Crippen molar-refractivity contribution in [3.63, 3.8) is 0 Å². The molecule has 0 radical (unpaired) electrons. The first-order valence-electron chi connectivity index (χ1n) is 4.36. The molecule has 0 atom stereocenters. The van der Waals surface area contributed by atoms with Crippen LogP contribution >= 0.6 is 11.3 Å². The summed E-state index contributed by atoms with van der Waals surface area (Å²) >= 11 is 1.55. The summed E-state index contributed by atoms with van der Waals surface area (Å²) in [6.07, 6.45) is 0.579. The first kappa shape index (κ1) is 9.85. The zero-order chi connectivity index (χ0) is 10.8.